The molecule has 0 atom stereocenters. The van der Waals surface area contributed by atoms with Gasteiger partial charge in [-0.05, 0) is 51.1 Å². The van der Waals surface area contributed by atoms with Gasteiger partial charge < -0.3 is 10.2 Å². The fourth-order valence-electron chi connectivity index (χ4n) is 3.07. The van der Waals surface area contributed by atoms with Gasteiger partial charge in [-0.1, -0.05) is 40.9 Å². The van der Waals surface area contributed by atoms with Crippen LogP contribution in [0.15, 0.2) is 22.7 Å². The summed E-state index contributed by atoms with van der Waals surface area (Å²) in [6, 6.07) is 6.60. The highest BCUT2D eigenvalue weighted by Crippen LogP contribution is 2.33. The number of hydrogen-bond donors (Lipinski definition) is 1. The van der Waals surface area contributed by atoms with Gasteiger partial charge in [-0.25, -0.2) is 0 Å². The first kappa shape index (κ1) is 15.0. The molecule has 0 aliphatic heterocycles. The zero-order valence-corrected chi connectivity index (χ0v) is 13.9. The van der Waals surface area contributed by atoms with Gasteiger partial charge in [0, 0.05) is 23.1 Å². The van der Waals surface area contributed by atoms with Crippen molar-refractivity contribution in [3.63, 3.8) is 0 Å². The van der Waals surface area contributed by atoms with Crippen LogP contribution in [0, 0.1) is 6.92 Å². The average Bonchev–Trinajstić information content (AvgIpc) is 2.84. The fourth-order valence-corrected chi connectivity index (χ4v) is 3.32. The van der Waals surface area contributed by atoms with Crippen molar-refractivity contribution in [2.75, 3.05) is 20.6 Å². The van der Waals surface area contributed by atoms with Crippen LogP contribution < -0.4 is 5.32 Å². The first-order chi connectivity index (χ1) is 9.03. The van der Waals surface area contributed by atoms with Gasteiger partial charge in [-0.2, -0.15) is 0 Å². The van der Waals surface area contributed by atoms with E-state index in [2.05, 4.69) is 65.4 Å². The minimum atomic E-state index is 0.379. The Balaban J connectivity index is 1.90. The van der Waals surface area contributed by atoms with Crippen molar-refractivity contribution >= 4 is 15.9 Å². The molecule has 0 radical (unpaired) electrons. The van der Waals surface area contributed by atoms with Crippen molar-refractivity contribution in [1.82, 2.24) is 10.2 Å². The Morgan fingerprint density at radius 1 is 1.26 bits per heavy atom. The lowest BCUT2D eigenvalue weighted by atomic mass is 9.96. The summed E-state index contributed by atoms with van der Waals surface area (Å²) in [5.41, 5.74) is 3.06. The summed E-state index contributed by atoms with van der Waals surface area (Å²) in [6.07, 6.45) is 5.40. The Hall–Kier alpha value is -0.380. The van der Waals surface area contributed by atoms with Crippen molar-refractivity contribution in [1.29, 1.82) is 0 Å². The Kier molecular flexibility index (Phi) is 5.04. The minimum Gasteiger partial charge on any atom is -0.311 e. The molecule has 0 spiro atoms. The first-order valence-corrected chi connectivity index (χ1v) is 7.96. The first-order valence-electron chi connectivity index (χ1n) is 7.17. The summed E-state index contributed by atoms with van der Waals surface area (Å²) < 4.78 is 1.19. The maximum atomic E-state index is 3.66. The van der Waals surface area contributed by atoms with Gasteiger partial charge in [0.15, 0.2) is 0 Å². The van der Waals surface area contributed by atoms with Gasteiger partial charge in [0.05, 0.1) is 0 Å². The zero-order valence-electron chi connectivity index (χ0n) is 12.3. The number of aryl methyl sites for hydroxylation is 1. The molecule has 19 heavy (non-hydrogen) atoms. The number of rotatable bonds is 5. The topological polar surface area (TPSA) is 15.3 Å². The molecule has 0 heterocycles. The third-order valence-electron chi connectivity index (χ3n) is 4.49. The lowest BCUT2D eigenvalue weighted by Crippen LogP contribution is -2.49. The number of nitrogens with one attached hydrogen (secondary N) is 1. The van der Waals surface area contributed by atoms with E-state index in [1.165, 1.54) is 41.3 Å². The Morgan fingerprint density at radius 2 is 1.95 bits per heavy atom. The highest BCUT2D eigenvalue weighted by molar-refractivity contribution is 9.10. The molecule has 1 saturated carbocycles. The predicted molar refractivity (Wildman–Crippen MR) is 85.5 cm³/mol. The van der Waals surface area contributed by atoms with Crippen LogP contribution in [0.4, 0.5) is 0 Å². The van der Waals surface area contributed by atoms with E-state index in [0.29, 0.717) is 5.54 Å². The maximum absolute atomic E-state index is 3.66. The molecule has 0 unspecified atom stereocenters. The Bertz CT molecular complexity index is 423. The van der Waals surface area contributed by atoms with Crippen LogP contribution in [0.1, 0.15) is 36.8 Å². The highest BCUT2D eigenvalue weighted by Gasteiger charge is 2.35. The zero-order chi connectivity index (χ0) is 13.9. The standard InChI is InChI=1S/C16H25BrN2/c1-13-10-14(6-7-15(13)17)11-18-12-16(19(2)3)8-4-5-9-16/h6-7,10,18H,4-5,8-9,11-12H2,1-3H3. The van der Waals surface area contributed by atoms with E-state index in [9.17, 15) is 0 Å². The van der Waals surface area contributed by atoms with E-state index in [1.807, 2.05) is 0 Å². The Labute approximate surface area is 125 Å². The fraction of sp³-hybridized carbons (Fsp3) is 0.625. The second-order valence-electron chi connectivity index (χ2n) is 6.01. The largest absolute Gasteiger partial charge is 0.311 e. The second kappa shape index (κ2) is 6.38. The normalized spacial score (nSPS) is 18.2. The van der Waals surface area contributed by atoms with Gasteiger partial charge >= 0.3 is 0 Å². The molecule has 0 amide bonds. The molecule has 0 aromatic heterocycles. The van der Waals surface area contributed by atoms with Gasteiger partial charge in [0.2, 0.25) is 0 Å². The molecule has 1 aliphatic carbocycles. The predicted octanol–water partition coefficient (Wildman–Crippen LogP) is 3.72. The average molecular weight is 325 g/mol. The highest BCUT2D eigenvalue weighted by atomic mass is 79.9. The summed E-state index contributed by atoms with van der Waals surface area (Å²) in [6.45, 7) is 4.20. The molecule has 1 fully saturated rings. The van der Waals surface area contributed by atoms with Crippen molar-refractivity contribution in [3.8, 4) is 0 Å². The molecule has 106 valence electrons. The molecular weight excluding hydrogens is 300 g/mol. The van der Waals surface area contributed by atoms with Crippen molar-refractivity contribution in [2.45, 2.75) is 44.7 Å². The summed E-state index contributed by atoms with van der Waals surface area (Å²) in [5.74, 6) is 0. The van der Waals surface area contributed by atoms with Crippen molar-refractivity contribution in [2.24, 2.45) is 0 Å². The molecular formula is C16H25BrN2. The number of benzene rings is 1. The van der Waals surface area contributed by atoms with Crippen LogP contribution in [0.5, 0.6) is 0 Å². The van der Waals surface area contributed by atoms with Crippen LogP contribution in [0.25, 0.3) is 0 Å². The lowest BCUT2D eigenvalue weighted by molar-refractivity contribution is 0.153. The van der Waals surface area contributed by atoms with E-state index in [0.717, 1.165) is 13.1 Å². The van der Waals surface area contributed by atoms with Gasteiger partial charge in [0.1, 0.15) is 0 Å². The van der Waals surface area contributed by atoms with Gasteiger partial charge in [0.25, 0.3) is 0 Å². The van der Waals surface area contributed by atoms with Crippen LogP contribution in [-0.4, -0.2) is 31.1 Å². The number of hydrogen-bond acceptors (Lipinski definition) is 2. The van der Waals surface area contributed by atoms with E-state index in [4.69, 9.17) is 0 Å². The molecule has 1 aromatic carbocycles. The van der Waals surface area contributed by atoms with Gasteiger partial charge in [-0.3, -0.25) is 0 Å². The summed E-state index contributed by atoms with van der Waals surface area (Å²) in [5, 5.41) is 3.66. The summed E-state index contributed by atoms with van der Waals surface area (Å²) in [7, 11) is 4.44. The molecule has 1 N–H and O–H groups in total. The van der Waals surface area contributed by atoms with E-state index in [-0.39, 0.29) is 0 Å². The molecule has 2 rings (SSSR count). The van der Waals surface area contributed by atoms with Crippen LogP contribution in [-0.2, 0) is 6.54 Å². The summed E-state index contributed by atoms with van der Waals surface area (Å²) >= 11 is 3.55. The third kappa shape index (κ3) is 3.59. The van der Waals surface area contributed by atoms with Crippen LogP contribution in [0.2, 0.25) is 0 Å². The third-order valence-corrected chi connectivity index (χ3v) is 5.38. The quantitative estimate of drug-likeness (QED) is 0.888. The van der Waals surface area contributed by atoms with E-state index < -0.39 is 0 Å². The van der Waals surface area contributed by atoms with Crippen molar-refractivity contribution < 1.29 is 0 Å². The van der Waals surface area contributed by atoms with Crippen LogP contribution >= 0.6 is 15.9 Å². The SMILES string of the molecule is Cc1cc(CNCC2(N(C)C)CCCC2)ccc1Br. The van der Waals surface area contributed by atoms with E-state index >= 15 is 0 Å². The molecule has 2 nitrogen and oxygen atoms in total. The van der Waals surface area contributed by atoms with E-state index in [1.54, 1.807) is 0 Å². The van der Waals surface area contributed by atoms with Crippen molar-refractivity contribution in [3.05, 3.63) is 33.8 Å². The molecule has 0 saturated heterocycles. The maximum Gasteiger partial charge on any atom is 0.0328 e. The number of nitrogens with zero attached hydrogens (tertiary/aromatic N) is 1. The Morgan fingerprint density at radius 3 is 2.53 bits per heavy atom. The van der Waals surface area contributed by atoms with Gasteiger partial charge in [-0.15, -0.1) is 0 Å². The summed E-state index contributed by atoms with van der Waals surface area (Å²) in [4.78, 5) is 2.42. The smallest absolute Gasteiger partial charge is 0.0328 e. The lowest BCUT2D eigenvalue weighted by Gasteiger charge is -2.36. The minimum absolute atomic E-state index is 0.379. The molecule has 0 bridgehead atoms. The van der Waals surface area contributed by atoms with Crippen LogP contribution in [0.3, 0.4) is 0 Å². The molecule has 3 heteroatoms. The second-order valence-corrected chi connectivity index (χ2v) is 6.87. The molecule has 1 aliphatic rings. The monoisotopic (exact) mass is 324 g/mol. The number of halogens is 1. The number of likely N-dealkylation sites (N-methyl/N-ethyl adjacent to an activating group) is 1. The molecule has 1 aromatic rings.